The summed E-state index contributed by atoms with van der Waals surface area (Å²) in [5.41, 5.74) is 0. The smallest absolute Gasteiger partial charge is 0.0192 e. The second-order valence-electron chi connectivity index (χ2n) is 5.79. The molecule has 0 saturated carbocycles. The highest BCUT2D eigenvalue weighted by molar-refractivity contribution is 4.77. The molecule has 0 radical (unpaired) electrons. The molecule has 0 aliphatic carbocycles. The van der Waals surface area contributed by atoms with E-state index in [1.165, 1.54) is 32.4 Å². The third-order valence-corrected chi connectivity index (χ3v) is 3.84. The zero-order chi connectivity index (χ0) is 12.0. The molecule has 1 fully saturated rings. The summed E-state index contributed by atoms with van der Waals surface area (Å²) in [4.78, 5) is 2.65. The first-order valence-corrected chi connectivity index (χ1v) is 7.08. The Balaban J connectivity index is 2.15. The number of rotatable bonds is 6. The van der Waals surface area contributed by atoms with Crippen molar-refractivity contribution in [2.24, 2.45) is 11.8 Å². The quantitative estimate of drug-likeness (QED) is 0.749. The van der Waals surface area contributed by atoms with Crippen molar-refractivity contribution in [1.82, 2.24) is 10.2 Å². The van der Waals surface area contributed by atoms with Gasteiger partial charge in [-0.05, 0) is 51.2 Å². The van der Waals surface area contributed by atoms with Gasteiger partial charge in [0.2, 0.25) is 0 Å². The lowest BCUT2D eigenvalue weighted by Gasteiger charge is -2.36. The first kappa shape index (κ1) is 14.0. The summed E-state index contributed by atoms with van der Waals surface area (Å²) in [7, 11) is 0. The first-order chi connectivity index (χ1) is 7.63. The first-order valence-electron chi connectivity index (χ1n) is 7.08. The summed E-state index contributed by atoms with van der Waals surface area (Å²) >= 11 is 0. The zero-order valence-corrected chi connectivity index (χ0v) is 11.6. The van der Waals surface area contributed by atoms with Crippen LogP contribution < -0.4 is 5.32 Å². The molecule has 0 aromatic heterocycles. The molecule has 0 spiro atoms. The third-order valence-electron chi connectivity index (χ3n) is 3.84. The highest BCUT2D eigenvalue weighted by Gasteiger charge is 2.21. The number of likely N-dealkylation sites (tertiary alicyclic amines) is 1. The molecule has 2 nitrogen and oxygen atoms in total. The summed E-state index contributed by atoms with van der Waals surface area (Å²) in [6, 6.07) is 0.705. The molecule has 1 rings (SSSR count). The van der Waals surface area contributed by atoms with Gasteiger partial charge in [-0.25, -0.2) is 0 Å². The van der Waals surface area contributed by atoms with Crippen molar-refractivity contribution in [3.8, 4) is 0 Å². The molecule has 1 aliphatic rings. The van der Waals surface area contributed by atoms with E-state index < -0.39 is 0 Å². The van der Waals surface area contributed by atoms with Gasteiger partial charge in [0.1, 0.15) is 0 Å². The number of piperidine rings is 1. The number of nitrogens with one attached hydrogen (secondary N) is 1. The Bertz CT molecular complexity index is 172. The van der Waals surface area contributed by atoms with E-state index in [2.05, 4.69) is 37.9 Å². The summed E-state index contributed by atoms with van der Waals surface area (Å²) < 4.78 is 0. The second-order valence-corrected chi connectivity index (χ2v) is 5.79. The van der Waals surface area contributed by atoms with Crippen LogP contribution in [0.25, 0.3) is 0 Å². The molecule has 0 aromatic carbocycles. The molecule has 1 unspecified atom stereocenters. The Labute approximate surface area is 102 Å². The van der Waals surface area contributed by atoms with Crippen LogP contribution in [0.15, 0.2) is 0 Å². The van der Waals surface area contributed by atoms with Gasteiger partial charge >= 0.3 is 0 Å². The predicted molar refractivity (Wildman–Crippen MR) is 71.8 cm³/mol. The van der Waals surface area contributed by atoms with E-state index in [0.717, 1.165) is 24.9 Å². The van der Waals surface area contributed by atoms with E-state index in [9.17, 15) is 0 Å². The van der Waals surface area contributed by atoms with Crippen LogP contribution in [0.4, 0.5) is 0 Å². The molecule has 0 aromatic rings. The fourth-order valence-electron chi connectivity index (χ4n) is 2.51. The van der Waals surface area contributed by atoms with Gasteiger partial charge in [-0.3, -0.25) is 4.90 Å². The largest absolute Gasteiger partial charge is 0.315 e. The van der Waals surface area contributed by atoms with Crippen LogP contribution in [0.3, 0.4) is 0 Å². The molecular weight excluding hydrogens is 196 g/mol. The van der Waals surface area contributed by atoms with Crippen molar-refractivity contribution in [3.63, 3.8) is 0 Å². The Morgan fingerprint density at radius 2 is 1.75 bits per heavy atom. The van der Waals surface area contributed by atoms with E-state index >= 15 is 0 Å². The second kappa shape index (κ2) is 7.29. The zero-order valence-electron chi connectivity index (χ0n) is 11.6. The molecule has 2 heteroatoms. The Hall–Kier alpha value is -0.0800. The molecule has 1 aliphatic heterocycles. The Morgan fingerprint density at radius 1 is 1.12 bits per heavy atom. The fourth-order valence-corrected chi connectivity index (χ4v) is 2.51. The molecule has 1 N–H and O–H groups in total. The standard InChI is InChI=1S/C14H30N2/c1-5-14-6-8-16(9-7-14)13(4)11-15-10-12(2)3/h12-15H,5-11H2,1-4H3. The normalized spacial score (nSPS) is 21.6. The number of hydrogen-bond acceptors (Lipinski definition) is 2. The van der Waals surface area contributed by atoms with Gasteiger partial charge in [0.15, 0.2) is 0 Å². The predicted octanol–water partition coefficient (Wildman–Crippen LogP) is 2.74. The van der Waals surface area contributed by atoms with Crippen LogP contribution in [0.2, 0.25) is 0 Å². The summed E-state index contributed by atoms with van der Waals surface area (Å²) in [5.74, 6) is 1.75. The molecule has 0 bridgehead atoms. The van der Waals surface area contributed by atoms with Gasteiger partial charge in [-0.2, -0.15) is 0 Å². The van der Waals surface area contributed by atoms with Crippen LogP contribution >= 0.6 is 0 Å². The lowest BCUT2D eigenvalue weighted by Crippen LogP contribution is -2.45. The van der Waals surface area contributed by atoms with Crippen molar-refractivity contribution in [2.45, 2.75) is 53.0 Å². The number of nitrogens with zero attached hydrogens (tertiary/aromatic N) is 1. The van der Waals surface area contributed by atoms with Crippen LogP contribution in [-0.4, -0.2) is 37.1 Å². The van der Waals surface area contributed by atoms with E-state index in [0.29, 0.717) is 6.04 Å². The third kappa shape index (κ3) is 4.84. The summed E-state index contributed by atoms with van der Waals surface area (Å²) in [6.07, 6.45) is 4.18. The lowest BCUT2D eigenvalue weighted by molar-refractivity contribution is 0.137. The van der Waals surface area contributed by atoms with E-state index in [-0.39, 0.29) is 0 Å². The van der Waals surface area contributed by atoms with Crippen LogP contribution in [0.5, 0.6) is 0 Å². The number of hydrogen-bond donors (Lipinski definition) is 1. The highest BCUT2D eigenvalue weighted by Crippen LogP contribution is 2.21. The van der Waals surface area contributed by atoms with Crippen molar-refractivity contribution in [3.05, 3.63) is 0 Å². The molecule has 1 heterocycles. The van der Waals surface area contributed by atoms with E-state index in [1.54, 1.807) is 0 Å². The summed E-state index contributed by atoms with van der Waals surface area (Å²) in [5, 5.41) is 3.57. The molecule has 1 atom stereocenters. The lowest BCUT2D eigenvalue weighted by atomic mass is 9.94. The van der Waals surface area contributed by atoms with Crippen LogP contribution in [0, 0.1) is 11.8 Å². The monoisotopic (exact) mass is 226 g/mol. The molecule has 96 valence electrons. The maximum atomic E-state index is 3.57. The Kier molecular flexibility index (Phi) is 6.37. The van der Waals surface area contributed by atoms with Crippen LogP contribution in [-0.2, 0) is 0 Å². The van der Waals surface area contributed by atoms with Gasteiger partial charge < -0.3 is 5.32 Å². The van der Waals surface area contributed by atoms with E-state index in [4.69, 9.17) is 0 Å². The van der Waals surface area contributed by atoms with Gasteiger partial charge in [0, 0.05) is 12.6 Å². The highest BCUT2D eigenvalue weighted by atomic mass is 15.2. The van der Waals surface area contributed by atoms with Crippen molar-refractivity contribution in [2.75, 3.05) is 26.2 Å². The molecule has 0 amide bonds. The minimum Gasteiger partial charge on any atom is -0.315 e. The van der Waals surface area contributed by atoms with Crippen molar-refractivity contribution < 1.29 is 0 Å². The van der Waals surface area contributed by atoms with Gasteiger partial charge in [0.05, 0.1) is 0 Å². The van der Waals surface area contributed by atoms with Crippen molar-refractivity contribution >= 4 is 0 Å². The van der Waals surface area contributed by atoms with E-state index in [1.807, 2.05) is 0 Å². The molecule has 16 heavy (non-hydrogen) atoms. The molecule has 1 saturated heterocycles. The maximum Gasteiger partial charge on any atom is 0.0192 e. The Morgan fingerprint density at radius 3 is 2.25 bits per heavy atom. The minimum absolute atomic E-state index is 0.705. The molecular formula is C14H30N2. The average molecular weight is 226 g/mol. The van der Waals surface area contributed by atoms with Crippen LogP contribution in [0.1, 0.15) is 47.0 Å². The average Bonchev–Trinajstić information content (AvgIpc) is 2.28. The van der Waals surface area contributed by atoms with Crippen molar-refractivity contribution in [1.29, 1.82) is 0 Å². The minimum atomic E-state index is 0.705. The summed E-state index contributed by atoms with van der Waals surface area (Å²) in [6.45, 7) is 14.1. The van der Waals surface area contributed by atoms with Gasteiger partial charge in [-0.15, -0.1) is 0 Å². The SMILES string of the molecule is CCC1CCN(C(C)CNCC(C)C)CC1. The maximum absolute atomic E-state index is 3.57. The van der Waals surface area contributed by atoms with Gasteiger partial charge in [0.25, 0.3) is 0 Å². The topological polar surface area (TPSA) is 15.3 Å². The fraction of sp³-hybridized carbons (Fsp3) is 1.00. The van der Waals surface area contributed by atoms with Gasteiger partial charge in [-0.1, -0.05) is 27.2 Å².